The van der Waals surface area contributed by atoms with Gasteiger partial charge in [0.05, 0.1) is 4.92 Å². The summed E-state index contributed by atoms with van der Waals surface area (Å²) in [6.45, 7) is 7.03. The molecule has 1 heterocycles. The zero-order valence-corrected chi connectivity index (χ0v) is 15.6. The molecule has 0 N–H and O–H groups in total. The highest BCUT2D eigenvalue weighted by Crippen LogP contribution is 2.24. The van der Waals surface area contributed by atoms with Gasteiger partial charge in [0.15, 0.2) is 6.61 Å². The molecule has 1 amide bonds. The minimum Gasteiger partial charge on any atom is -0.484 e. The Morgan fingerprint density at radius 1 is 1.07 bits per heavy atom. The van der Waals surface area contributed by atoms with Crippen molar-refractivity contribution >= 4 is 17.3 Å². The second kappa shape index (κ2) is 8.07. The first kappa shape index (κ1) is 18.7. The van der Waals surface area contributed by atoms with Crippen molar-refractivity contribution in [1.82, 2.24) is 4.90 Å². The van der Waals surface area contributed by atoms with Crippen molar-refractivity contribution in [2.75, 3.05) is 37.7 Å². The van der Waals surface area contributed by atoms with E-state index < -0.39 is 4.92 Å². The van der Waals surface area contributed by atoms with E-state index in [-0.39, 0.29) is 18.2 Å². The molecule has 2 aromatic carbocycles. The minimum atomic E-state index is -0.468. The average molecular weight is 369 g/mol. The Bertz CT molecular complexity index is 828. The number of ether oxygens (including phenoxy) is 1. The van der Waals surface area contributed by atoms with Crippen molar-refractivity contribution in [3.05, 3.63) is 63.7 Å². The third kappa shape index (κ3) is 4.36. The number of rotatable bonds is 5. The monoisotopic (exact) mass is 369 g/mol. The molecule has 27 heavy (non-hydrogen) atoms. The fourth-order valence-corrected chi connectivity index (χ4v) is 3.18. The lowest BCUT2D eigenvalue weighted by molar-refractivity contribution is -0.384. The van der Waals surface area contributed by atoms with Crippen LogP contribution in [0.1, 0.15) is 11.1 Å². The van der Waals surface area contributed by atoms with Crippen LogP contribution in [0.3, 0.4) is 0 Å². The van der Waals surface area contributed by atoms with Crippen LogP contribution in [0, 0.1) is 24.0 Å². The van der Waals surface area contributed by atoms with Crippen LogP contribution in [0.15, 0.2) is 42.5 Å². The van der Waals surface area contributed by atoms with E-state index in [1.54, 1.807) is 4.90 Å². The summed E-state index contributed by atoms with van der Waals surface area (Å²) in [7, 11) is 0. The molecule has 1 aliphatic rings. The van der Waals surface area contributed by atoms with Crippen molar-refractivity contribution in [1.29, 1.82) is 0 Å². The van der Waals surface area contributed by atoms with Crippen LogP contribution in [-0.2, 0) is 4.79 Å². The number of nitrogens with zero attached hydrogens (tertiary/aromatic N) is 3. The highest BCUT2D eigenvalue weighted by molar-refractivity contribution is 5.78. The van der Waals surface area contributed by atoms with Gasteiger partial charge in [-0.1, -0.05) is 12.1 Å². The molecule has 2 aromatic rings. The molecule has 7 heteroatoms. The summed E-state index contributed by atoms with van der Waals surface area (Å²) in [4.78, 5) is 26.7. The van der Waals surface area contributed by atoms with Gasteiger partial charge >= 0.3 is 0 Å². The molecule has 0 unspecified atom stereocenters. The number of carbonyl (C=O) groups is 1. The van der Waals surface area contributed by atoms with Gasteiger partial charge in [0.1, 0.15) is 5.75 Å². The summed E-state index contributed by atoms with van der Waals surface area (Å²) in [5.41, 5.74) is 3.77. The Hall–Kier alpha value is -3.09. The van der Waals surface area contributed by atoms with Gasteiger partial charge in [0.25, 0.3) is 11.6 Å². The van der Waals surface area contributed by atoms with Gasteiger partial charge < -0.3 is 14.5 Å². The number of carbonyl (C=O) groups excluding carboxylic acids is 1. The summed E-state index contributed by atoms with van der Waals surface area (Å²) in [5, 5.41) is 10.7. The Kier molecular flexibility index (Phi) is 5.59. The van der Waals surface area contributed by atoms with Gasteiger partial charge in [0, 0.05) is 44.0 Å². The van der Waals surface area contributed by atoms with Crippen molar-refractivity contribution in [3.63, 3.8) is 0 Å². The lowest BCUT2D eigenvalue weighted by atomic mass is 10.1. The average Bonchev–Trinajstić information content (AvgIpc) is 2.68. The maximum Gasteiger partial charge on any atom is 0.269 e. The van der Waals surface area contributed by atoms with Gasteiger partial charge in [-0.25, -0.2) is 0 Å². The summed E-state index contributed by atoms with van der Waals surface area (Å²) in [6, 6.07) is 12.0. The molecular formula is C20H23N3O4. The van der Waals surface area contributed by atoms with Crippen LogP contribution in [0.5, 0.6) is 5.75 Å². The van der Waals surface area contributed by atoms with Crippen molar-refractivity contribution in [2.45, 2.75) is 13.8 Å². The highest BCUT2D eigenvalue weighted by atomic mass is 16.6. The lowest BCUT2D eigenvalue weighted by Crippen LogP contribution is -2.50. The third-order valence-electron chi connectivity index (χ3n) is 4.96. The molecule has 0 aliphatic carbocycles. The van der Waals surface area contributed by atoms with Crippen molar-refractivity contribution in [3.8, 4) is 5.75 Å². The number of piperazine rings is 1. The molecule has 1 saturated heterocycles. The first-order chi connectivity index (χ1) is 13.0. The Balaban J connectivity index is 1.51. The lowest BCUT2D eigenvalue weighted by Gasteiger charge is -2.37. The van der Waals surface area contributed by atoms with Crippen LogP contribution in [0.4, 0.5) is 11.4 Å². The van der Waals surface area contributed by atoms with E-state index in [2.05, 4.69) is 36.9 Å². The molecular weight excluding hydrogens is 346 g/mol. The van der Waals surface area contributed by atoms with Crippen molar-refractivity contribution in [2.24, 2.45) is 0 Å². The number of amides is 1. The summed E-state index contributed by atoms with van der Waals surface area (Å²) in [6.07, 6.45) is 0. The fraction of sp³-hybridized carbons (Fsp3) is 0.350. The van der Waals surface area contributed by atoms with E-state index >= 15 is 0 Å². The SMILES string of the molecule is Cc1cccc(N2CCN(C(=O)COc3ccc([N+](=O)[O-])cc3)CC2)c1C. The summed E-state index contributed by atoms with van der Waals surface area (Å²) < 4.78 is 5.47. The molecule has 0 radical (unpaired) electrons. The van der Waals surface area contributed by atoms with Crippen LogP contribution < -0.4 is 9.64 Å². The molecule has 1 fully saturated rings. The second-order valence-corrected chi connectivity index (χ2v) is 6.63. The maximum atomic E-state index is 12.4. The van der Waals surface area contributed by atoms with E-state index in [9.17, 15) is 14.9 Å². The number of aryl methyl sites for hydroxylation is 1. The number of nitro groups is 1. The molecule has 0 atom stereocenters. The molecule has 3 rings (SSSR count). The number of hydrogen-bond acceptors (Lipinski definition) is 5. The number of nitro benzene ring substituents is 1. The molecule has 7 nitrogen and oxygen atoms in total. The Labute approximate surface area is 158 Å². The normalized spacial score (nSPS) is 14.1. The second-order valence-electron chi connectivity index (χ2n) is 6.63. The quantitative estimate of drug-likeness (QED) is 0.598. The predicted molar refractivity (Wildman–Crippen MR) is 103 cm³/mol. The summed E-state index contributed by atoms with van der Waals surface area (Å²) in [5.74, 6) is 0.372. The fourth-order valence-electron chi connectivity index (χ4n) is 3.18. The number of benzene rings is 2. The van der Waals surface area contributed by atoms with Crippen LogP contribution in [-0.4, -0.2) is 48.5 Å². The molecule has 0 spiro atoms. The van der Waals surface area contributed by atoms with Gasteiger partial charge in [0.2, 0.25) is 0 Å². The zero-order chi connectivity index (χ0) is 19.4. The van der Waals surface area contributed by atoms with Crippen LogP contribution in [0.2, 0.25) is 0 Å². The smallest absolute Gasteiger partial charge is 0.269 e. The van der Waals surface area contributed by atoms with Crippen LogP contribution >= 0.6 is 0 Å². The predicted octanol–water partition coefficient (Wildman–Crippen LogP) is 2.94. The van der Waals surface area contributed by atoms with Gasteiger partial charge in [-0.05, 0) is 43.2 Å². The van der Waals surface area contributed by atoms with Gasteiger partial charge in [-0.15, -0.1) is 0 Å². The molecule has 0 bridgehead atoms. The largest absolute Gasteiger partial charge is 0.484 e. The Morgan fingerprint density at radius 2 is 1.74 bits per heavy atom. The van der Waals surface area contributed by atoms with Gasteiger partial charge in [-0.2, -0.15) is 0 Å². The van der Waals surface area contributed by atoms with E-state index in [0.29, 0.717) is 18.8 Å². The van der Waals surface area contributed by atoms with Gasteiger partial charge in [-0.3, -0.25) is 14.9 Å². The van der Waals surface area contributed by atoms with E-state index in [0.717, 1.165) is 13.1 Å². The van der Waals surface area contributed by atoms with Crippen LogP contribution in [0.25, 0.3) is 0 Å². The van der Waals surface area contributed by atoms with E-state index in [1.807, 2.05) is 0 Å². The summed E-state index contributed by atoms with van der Waals surface area (Å²) >= 11 is 0. The molecule has 0 aromatic heterocycles. The Morgan fingerprint density at radius 3 is 2.37 bits per heavy atom. The number of non-ortho nitro benzene ring substituents is 1. The third-order valence-corrected chi connectivity index (χ3v) is 4.96. The number of hydrogen-bond donors (Lipinski definition) is 0. The maximum absolute atomic E-state index is 12.4. The highest BCUT2D eigenvalue weighted by Gasteiger charge is 2.22. The molecule has 142 valence electrons. The number of anilines is 1. The topological polar surface area (TPSA) is 75.9 Å². The first-order valence-electron chi connectivity index (χ1n) is 8.92. The minimum absolute atomic E-state index is 0.00348. The standard InChI is InChI=1S/C20H23N3O4/c1-15-4-3-5-19(16(15)2)21-10-12-22(13-11-21)20(24)14-27-18-8-6-17(7-9-18)23(25)26/h3-9H,10-14H2,1-2H3. The van der Waals surface area contributed by atoms with Crippen molar-refractivity contribution < 1.29 is 14.5 Å². The van der Waals surface area contributed by atoms with E-state index in [1.165, 1.54) is 41.1 Å². The molecule has 1 aliphatic heterocycles. The molecule has 0 saturated carbocycles. The first-order valence-corrected chi connectivity index (χ1v) is 8.92. The van der Waals surface area contributed by atoms with E-state index in [4.69, 9.17) is 4.74 Å². The zero-order valence-electron chi connectivity index (χ0n) is 15.6.